The fraction of sp³-hybridized carbons (Fsp3) is 0.571. The zero-order chi connectivity index (χ0) is 12.8. The van der Waals surface area contributed by atoms with Gasteiger partial charge in [-0.15, -0.1) is 0 Å². The maximum Gasteiger partial charge on any atom is 0.123 e. The third kappa shape index (κ3) is 3.45. The lowest BCUT2D eigenvalue weighted by Gasteiger charge is -2.32. The smallest absolute Gasteiger partial charge is 0.123 e. The van der Waals surface area contributed by atoms with Gasteiger partial charge in [0.2, 0.25) is 0 Å². The van der Waals surface area contributed by atoms with Crippen LogP contribution < -0.4 is 10.1 Å². The van der Waals surface area contributed by atoms with Crippen molar-refractivity contribution in [1.82, 2.24) is 5.32 Å². The van der Waals surface area contributed by atoms with E-state index in [1.54, 1.807) is 7.11 Å². The monoisotopic (exact) mass is 251 g/mol. The number of para-hydroxylation sites is 1. The Morgan fingerprint density at radius 3 is 2.78 bits per heavy atom. The highest BCUT2D eigenvalue weighted by atomic mass is 16.5. The summed E-state index contributed by atoms with van der Waals surface area (Å²) in [5.74, 6) is 0.879. The van der Waals surface area contributed by atoms with E-state index in [1.807, 2.05) is 24.3 Å². The molecular formula is C14H21NO3. The van der Waals surface area contributed by atoms with Crippen LogP contribution in [-0.2, 0) is 11.3 Å². The Morgan fingerprint density at radius 1 is 1.33 bits per heavy atom. The van der Waals surface area contributed by atoms with Crippen LogP contribution >= 0.6 is 0 Å². The molecule has 0 aliphatic carbocycles. The van der Waals surface area contributed by atoms with Gasteiger partial charge in [-0.1, -0.05) is 18.2 Å². The molecule has 1 saturated heterocycles. The largest absolute Gasteiger partial charge is 0.496 e. The van der Waals surface area contributed by atoms with Crippen molar-refractivity contribution in [2.45, 2.75) is 25.0 Å². The molecule has 2 N–H and O–H groups in total. The SMILES string of the molecule is COc1ccccc1CNCC1(O)CCOCC1. The van der Waals surface area contributed by atoms with E-state index in [4.69, 9.17) is 9.47 Å². The van der Waals surface area contributed by atoms with Crippen LogP contribution in [0.3, 0.4) is 0 Å². The first-order valence-electron chi connectivity index (χ1n) is 6.36. The number of rotatable bonds is 5. The quantitative estimate of drug-likeness (QED) is 0.829. The van der Waals surface area contributed by atoms with Crippen molar-refractivity contribution in [2.24, 2.45) is 0 Å². The van der Waals surface area contributed by atoms with Crippen molar-refractivity contribution in [3.63, 3.8) is 0 Å². The maximum atomic E-state index is 10.3. The van der Waals surface area contributed by atoms with Gasteiger partial charge >= 0.3 is 0 Å². The molecule has 0 radical (unpaired) electrons. The summed E-state index contributed by atoms with van der Waals surface area (Å²) in [5.41, 5.74) is 0.482. The van der Waals surface area contributed by atoms with Crippen LogP contribution in [0.5, 0.6) is 5.75 Å². The van der Waals surface area contributed by atoms with Crippen LogP contribution in [0.25, 0.3) is 0 Å². The van der Waals surface area contributed by atoms with Crippen LogP contribution in [0, 0.1) is 0 Å². The summed E-state index contributed by atoms with van der Waals surface area (Å²) in [6, 6.07) is 7.91. The Bertz CT molecular complexity index is 375. The average molecular weight is 251 g/mol. The number of hydrogen-bond acceptors (Lipinski definition) is 4. The molecule has 0 amide bonds. The second-order valence-electron chi connectivity index (χ2n) is 4.75. The Labute approximate surface area is 108 Å². The molecular weight excluding hydrogens is 230 g/mol. The van der Waals surface area contributed by atoms with Crippen LogP contribution in [-0.4, -0.2) is 37.6 Å². The molecule has 0 spiro atoms. The van der Waals surface area contributed by atoms with Crippen molar-refractivity contribution in [1.29, 1.82) is 0 Å². The molecule has 1 fully saturated rings. The van der Waals surface area contributed by atoms with E-state index in [9.17, 15) is 5.11 Å². The van der Waals surface area contributed by atoms with Crippen molar-refractivity contribution in [3.8, 4) is 5.75 Å². The van der Waals surface area contributed by atoms with E-state index in [-0.39, 0.29) is 0 Å². The third-order valence-electron chi connectivity index (χ3n) is 3.39. The van der Waals surface area contributed by atoms with E-state index in [0.29, 0.717) is 39.1 Å². The van der Waals surface area contributed by atoms with E-state index in [0.717, 1.165) is 11.3 Å². The minimum atomic E-state index is -0.625. The molecule has 1 aromatic rings. The minimum absolute atomic E-state index is 0.592. The summed E-state index contributed by atoms with van der Waals surface area (Å²) in [6.07, 6.45) is 1.40. The normalized spacial score (nSPS) is 18.6. The summed E-state index contributed by atoms with van der Waals surface area (Å²) >= 11 is 0. The number of benzene rings is 1. The predicted molar refractivity (Wildman–Crippen MR) is 69.7 cm³/mol. The summed E-state index contributed by atoms with van der Waals surface area (Å²) in [4.78, 5) is 0. The number of ether oxygens (including phenoxy) is 2. The fourth-order valence-corrected chi connectivity index (χ4v) is 2.21. The van der Waals surface area contributed by atoms with Crippen LogP contribution in [0.15, 0.2) is 24.3 Å². The Morgan fingerprint density at radius 2 is 2.06 bits per heavy atom. The lowest BCUT2D eigenvalue weighted by atomic mass is 9.94. The summed E-state index contributed by atoms with van der Waals surface area (Å²) in [6.45, 7) is 2.58. The fourth-order valence-electron chi connectivity index (χ4n) is 2.21. The lowest BCUT2D eigenvalue weighted by molar-refractivity contribution is -0.0617. The van der Waals surface area contributed by atoms with E-state index < -0.39 is 5.60 Å². The minimum Gasteiger partial charge on any atom is -0.496 e. The highest BCUT2D eigenvalue weighted by Gasteiger charge is 2.29. The number of methoxy groups -OCH3 is 1. The second-order valence-corrected chi connectivity index (χ2v) is 4.75. The lowest BCUT2D eigenvalue weighted by Crippen LogP contribution is -2.44. The second kappa shape index (κ2) is 6.18. The Kier molecular flexibility index (Phi) is 4.58. The number of nitrogens with one attached hydrogen (secondary N) is 1. The molecule has 1 aromatic carbocycles. The van der Waals surface area contributed by atoms with Gasteiger partial charge in [0.25, 0.3) is 0 Å². The van der Waals surface area contributed by atoms with Crippen LogP contribution in [0.4, 0.5) is 0 Å². The molecule has 0 bridgehead atoms. The van der Waals surface area contributed by atoms with Gasteiger partial charge in [-0.25, -0.2) is 0 Å². The van der Waals surface area contributed by atoms with Crippen LogP contribution in [0.2, 0.25) is 0 Å². The molecule has 2 rings (SSSR count). The van der Waals surface area contributed by atoms with Gasteiger partial charge in [-0.3, -0.25) is 0 Å². The highest BCUT2D eigenvalue weighted by molar-refractivity contribution is 5.32. The van der Waals surface area contributed by atoms with Gasteiger partial charge in [0.1, 0.15) is 5.75 Å². The van der Waals surface area contributed by atoms with Crippen molar-refractivity contribution in [3.05, 3.63) is 29.8 Å². The van der Waals surface area contributed by atoms with Gasteiger partial charge in [0.05, 0.1) is 12.7 Å². The molecule has 100 valence electrons. The summed E-state index contributed by atoms with van der Waals surface area (Å²) in [5, 5.41) is 13.6. The topological polar surface area (TPSA) is 50.7 Å². The first-order chi connectivity index (χ1) is 8.73. The third-order valence-corrected chi connectivity index (χ3v) is 3.39. The molecule has 1 aliphatic heterocycles. The van der Waals surface area contributed by atoms with Gasteiger partial charge in [-0.05, 0) is 6.07 Å². The van der Waals surface area contributed by atoms with E-state index in [2.05, 4.69) is 5.32 Å². The van der Waals surface area contributed by atoms with Gasteiger partial charge in [0, 0.05) is 44.7 Å². The zero-order valence-electron chi connectivity index (χ0n) is 10.8. The zero-order valence-corrected chi connectivity index (χ0v) is 10.8. The van der Waals surface area contributed by atoms with E-state index >= 15 is 0 Å². The van der Waals surface area contributed by atoms with Gasteiger partial charge in [0.15, 0.2) is 0 Å². The molecule has 0 unspecified atom stereocenters. The molecule has 0 aromatic heterocycles. The van der Waals surface area contributed by atoms with Gasteiger partial charge in [-0.2, -0.15) is 0 Å². The first-order valence-corrected chi connectivity index (χ1v) is 6.36. The van der Waals surface area contributed by atoms with Crippen molar-refractivity contribution >= 4 is 0 Å². The number of hydrogen-bond donors (Lipinski definition) is 2. The van der Waals surface area contributed by atoms with Crippen molar-refractivity contribution < 1.29 is 14.6 Å². The van der Waals surface area contributed by atoms with E-state index in [1.165, 1.54) is 0 Å². The maximum absolute atomic E-state index is 10.3. The standard InChI is InChI=1S/C14H21NO3/c1-17-13-5-3-2-4-12(13)10-15-11-14(16)6-8-18-9-7-14/h2-5,15-16H,6-11H2,1H3. The molecule has 18 heavy (non-hydrogen) atoms. The Hall–Kier alpha value is -1.10. The summed E-state index contributed by atoms with van der Waals surface area (Å²) in [7, 11) is 1.67. The molecule has 0 saturated carbocycles. The first kappa shape index (κ1) is 13.3. The molecule has 1 heterocycles. The average Bonchev–Trinajstić information content (AvgIpc) is 2.40. The molecule has 1 aliphatic rings. The van der Waals surface area contributed by atoms with Gasteiger partial charge < -0.3 is 19.9 Å². The summed E-state index contributed by atoms with van der Waals surface area (Å²) < 4.78 is 10.5. The highest BCUT2D eigenvalue weighted by Crippen LogP contribution is 2.20. The predicted octanol–water partition coefficient (Wildman–Crippen LogP) is 1.33. The Balaban J connectivity index is 1.84. The number of aliphatic hydroxyl groups is 1. The molecule has 4 heteroatoms. The molecule has 4 nitrogen and oxygen atoms in total. The molecule has 0 atom stereocenters. The van der Waals surface area contributed by atoms with Crippen LogP contribution in [0.1, 0.15) is 18.4 Å². The van der Waals surface area contributed by atoms with Crippen molar-refractivity contribution in [2.75, 3.05) is 26.9 Å².